The van der Waals surface area contributed by atoms with Gasteiger partial charge in [-0.25, -0.2) is 0 Å². The van der Waals surface area contributed by atoms with E-state index in [-0.39, 0.29) is 0 Å². The monoisotopic (exact) mass is 827 g/mol. The lowest BCUT2D eigenvalue weighted by Gasteiger charge is -2.67. The zero-order valence-corrected chi connectivity index (χ0v) is 36.6. The molecule has 10 atom stereocenters. The first-order valence-electron chi connectivity index (χ1n) is 24.4. The lowest BCUT2D eigenvalue weighted by Crippen LogP contribution is -2.72. The molecule has 4 aliphatic carbocycles. The van der Waals surface area contributed by atoms with Crippen molar-refractivity contribution >= 4 is 55.4 Å². The van der Waals surface area contributed by atoms with Gasteiger partial charge in [-0.2, -0.15) is 11.8 Å². The van der Waals surface area contributed by atoms with Gasteiger partial charge in [0.05, 0.1) is 22.1 Å². The van der Waals surface area contributed by atoms with E-state index in [1.807, 2.05) is 0 Å². The second-order valence-electron chi connectivity index (χ2n) is 20.4. The molecule has 310 valence electrons. The normalized spacial score (nSPS) is 30.6. The zero-order chi connectivity index (χ0) is 40.5. The molecule has 2 aliphatic heterocycles. The summed E-state index contributed by atoms with van der Waals surface area (Å²) < 4.78 is 4.93. The molecular formula is C58H57N3S. The van der Waals surface area contributed by atoms with Crippen LogP contribution in [0.2, 0.25) is 0 Å². The van der Waals surface area contributed by atoms with Gasteiger partial charge in [0.25, 0.3) is 0 Å². The van der Waals surface area contributed by atoms with Gasteiger partial charge in [-0.3, -0.25) is 4.90 Å². The number of thioether (sulfide) groups is 1. The first-order valence-corrected chi connectivity index (χ1v) is 25.3. The molecule has 8 aromatic rings. The summed E-state index contributed by atoms with van der Waals surface area (Å²) in [6.45, 7) is 0. The second kappa shape index (κ2) is 14.4. The average molecular weight is 828 g/mol. The third-order valence-corrected chi connectivity index (χ3v) is 19.3. The number of para-hydroxylation sites is 3. The van der Waals surface area contributed by atoms with E-state index in [2.05, 4.69) is 165 Å². The summed E-state index contributed by atoms with van der Waals surface area (Å²) >= 11 is 2.49. The summed E-state index contributed by atoms with van der Waals surface area (Å²) in [5.74, 6) is 4.66. The Bertz CT molecular complexity index is 3000. The van der Waals surface area contributed by atoms with Crippen molar-refractivity contribution in [2.24, 2.45) is 23.7 Å². The summed E-state index contributed by atoms with van der Waals surface area (Å²) in [4.78, 5) is 3.32. The lowest BCUT2D eigenvalue weighted by molar-refractivity contribution is -0.138. The summed E-state index contributed by atoms with van der Waals surface area (Å²) in [7, 11) is 0. The molecule has 14 rings (SSSR count). The summed E-state index contributed by atoms with van der Waals surface area (Å²) in [6, 6.07) is 55.3. The predicted molar refractivity (Wildman–Crippen MR) is 261 cm³/mol. The number of hydrogen-bond acceptors (Lipinski definition) is 2. The fourth-order valence-corrected chi connectivity index (χ4v) is 17.3. The molecule has 0 amide bonds. The Balaban J connectivity index is 0.847. The third kappa shape index (κ3) is 5.48. The van der Waals surface area contributed by atoms with Gasteiger partial charge in [0.1, 0.15) is 0 Å². The van der Waals surface area contributed by atoms with Crippen LogP contribution in [-0.4, -0.2) is 42.7 Å². The fourth-order valence-electron chi connectivity index (χ4n) is 15.3. The molecule has 3 nitrogen and oxygen atoms in total. The molecule has 62 heavy (non-hydrogen) atoms. The van der Waals surface area contributed by atoms with Crippen LogP contribution in [0.3, 0.4) is 0 Å². The van der Waals surface area contributed by atoms with Crippen LogP contribution in [0.1, 0.15) is 88.5 Å². The number of hydrogen-bond donors (Lipinski definition) is 0. The highest BCUT2D eigenvalue weighted by Gasteiger charge is 2.60. The van der Waals surface area contributed by atoms with Crippen LogP contribution >= 0.6 is 11.8 Å². The molecule has 2 saturated heterocycles. The highest BCUT2D eigenvalue weighted by molar-refractivity contribution is 8.00. The maximum Gasteiger partial charge on any atom is 0.0541 e. The summed E-state index contributed by atoms with van der Waals surface area (Å²) in [5, 5.41) is 6.97. The number of rotatable bonds is 4. The van der Waals surface area contributed by atoms with E-state index in [0.717, 1.165) is 52.3 Å². The van der Waals surface area contributed by atoms with Crippen molar-refractivity contribution < 1.29 is 0 Å². The van der Waals surface area contributed by atoms with E-state index in [4.69, 9.17) is 0 Å². The fraction of sp³-hybridized carbons (Fsp3) is 0.379. The minimum Gasteiger partial charge on any atom is -0.309 e. The Kier molecular flexibility index (Phi) is 8.51. The molecule has 2 aromatic heterocycles. The van der Waals surface area contributed by atoms with Crippen LogP contribution in [0.4, 0.5) is 0 Å². The first kappa shape index (κ1) is 36.7. The SMILES string of the molecule is c1ccc(-n2c3ccccc3c3cc(-c4ccc5c(c4)c4cc(C6CCC7C(C6)SC6CCCC8C9CCCC%10CCCC(C%109)N7C68)ccc4n5-c4ccccc4)ccc32)cc1. The standard InChI is InChI=1S/C58H57N3S/c1-3-14-41(15-4-1)59-49-21-8-7-18-43(49)46-32-37(24-28-50(46)59)38-25-29-51-47(33-38)48-34-39(26-30-52(48)60(51)42-16-5-2-6-17-42)40-27-31-53-56(35-40)62-55-23-11-20-45-44-19-9-12-36-13-10-22-54(57(36)44)61(53)58(45)55/h1-8,14-18,21,24-26,28-30,32-34,36,40,44-45,53-58H,9-13,19-20,22-23,27,31,35H2. The van der Waals surface area contributed by atoms with Gasteiger partial charge >= 0.3 is 0 Å². The quantitative estimate of drug-likeness (QED) is 0.175. The van der Waals surface area contributed by atoms with Gasteiger partial charge in [-0.15, -0.1) is 0 Å². The third-order valence-electron chi connectivity index (χ3n) is 17.6. The molecule has 0 radical (unpaired) electrons. The van der Waals surface area contributed by atoms with Gasteiger partial charge in [0, 0.05) is 61.5 Å². The van der Waals surface area contributed by atoms with Crippen LogP contribution in [0, 0.1) is 23.7 Å². The van der Waals surface area contributed by atoms with Gasteiger partial charge in [-0.1, -0.05) is 105 Å². The number of benzene rings is 6. The molecule has 4 saturated carbocycles. The van der Waals surface area contributed by atoms with Crippen LogP contribution in [0.5, 0.6) is 0 Å². The van der Waals surface area contributed by atoms with E-state index >= 15 is 0 Å². The maximum atomic E-state index is 3.32. The Labute approximate surface area is 370 Å². The van der Waals surface area contributed by atoms with Gasteiger partial charge in [0.2, 0.25) is 0 Å². The van der Waals surface area contributed by atoms with Crippen LogP contribution in [-0.2, 0) is 0 Å². The predicted octanol–water partition coefficient (Wildman–Crippen LogP) is 14.7. The maximum absolute atomic E-state index is 3.32. The van der Waals surface area contributed by atoms with Crippen molar-refractivity contribution in [3.8, 4) is 22.5 Å². The average Bonchev–Trinajstić information content (AvgIpc) is 3.85. The number of nitrogens with zero attached hydrogens (tertiary/aromatic N) is 3. The van der Waals surface area contributed by atoms with Crippen LogP contribution < -0.4 is 0 Å². The summed E-state index contributed by atoms with van der Waals surface area (Å²) in [5.41, 5.74) is 11.6. The second-order valence-corrected chi connectivity index (χ2v) is 21.8. The minimum absolute atomic E-state index is 0.623. The molecule has 0 spiro atoms. The Morgan fingerprint density at radius 2 is 1.03 bits per heavy atom. The lowest BCUT2D eigenvalue weighted by atomic mass is 9.53. The molecule has 6 fully saturated rings. The van der Waals surface area contributed by atoms with Crippen molar-refractivity contribution in [3.05, 3.63) is 145 Å². The van der Waals surface area contributed by atoms with Crippen molar-refractivity contribution in [2.45, 2.75) is 112 Å². The van der Waals surface area contributed by atoms with E-state index in [0.29, 0.717) is 5.92 Å². The zero-order valence-electron chi connectivity index (χ0n) is 35.8. The minimum atomic E-state index is 0.623. The highest BCUT2D eigenvalue weighted by atomic mass is 32.2. The van der Waals surface area contributed by atoms with E-state index < -0.39 is 0 Å². The van der Waals surface area contributed by atoms with Gasteiger partial charge < -0.3 is 9.13 Å². The molecule has 4 heterocycles. The van der Waals surface area contributed by atoms with Crippen molar-refractivity contribution in [1.82, 2.24) is 14.0 Å². The van der Waals surface area contributed by atoms with Gasteiger partial charge in [0.15, 0.2) is 0 Å². The Morgan fingerprint density at radius 3 is 1.77 bits per heavy atom. The Hall–Kier alpha value is -4.77. The number of piperidine rings is 1. The first-order chi connectivity index (χ1) is 30.7. The number of aromatic nitrogens is 2. The highest BCUT2D eigenvalue weighted by Crippen LogP contribution is 2.61. The van der Waals surface area contributed by atoms with Crippen molar-refractivity contribution in [1.29, 1.82) is 0 Å². The smallest absolute Gasteiger partial charge is 0.0541 e. The van der Waals surface area contributed by atoms with Crippen LogP contribution in [0.25, 0.3) is 66.1 Å². The van der Waals surface area contributed by atoms with Gasteiger partial charge in [-0.05, 0) is 158 Å². The molecule has 4 heteroatoms. The van der Waals surface area contributed by atoms with E-state index in [9.17, 15) is 0 Å². The van der Waals surface area contributed by atoms with E-state index in [1.165, 1.54) is 137 Å². The topological polar surface area (TPSA) is 13.1 Å². The Morgan fingerprint density at radius 1 is 0.435 bits per heavy atom. The van der Waals surface area contributed by atoms with Crippen LogP contribution in [0.15, 0.2) is 140 Å². The molecule has 0 N–H and O–H groups in total. The molecule has 0 bridgehead atoms. The molecular weight excluding hydrogens is 771 g/mol. The number of fused-ring (bicyclic) bond motifs is 10. The van der Waals surface area contributed by atoms with Crippen molar-refractivity contribution in [3.63, 3.8) is 0 Å². The molecule has 6 aliphatic rings. The van der Waals surface area contributed by atoms with Crippen molar-refractivity contribution in [2.75, 3.05) is 0 Å². The molecule has 10 unspecified atom stereocenters. The van der Waals surface area contributed by atoms with E-state index in [1.54, 1.807) is 12.0 Å². The summed E-state index contributed by atoms with van der Waals surface area (Å²) in [6.07, 6.45) is 17.6. The molecule has 6 aromatic carbocycles. The largest absolute Gasteiger partial charge is 0.309 e.